The van der Waals surface area contributed by atoms with Gasteiger partial charge in [0.25, 0.3) is 5.56 Å². The van der Waals surface area contributed by atoms with Crippen LogP contribution >= 0.6 is 45.8 Å². The van der Waals surface area contributed by atoms with Crippen LogP contribution in [0.15, 0.2) is 23.0 Å². The summed E-state index contributed by atoms with van der Waals surface area (Å²) in [4.78, 5) is 19.0. The number of H-pyrrole nitrogens is 2. The van der Waals surface area contributed by atoms with E-state index in [2.05, 4.69) is 48.1 Å². The minimum atomic E-state index is -0.283. The minimum Gasteiger partial charge on any atom is -0.352 e. The average molecular weight is 450 g/mol. The summed E-state index contributed by atoms with van der Waals surface area (Å²) >= 11 is 14.0. The Labute approximate surface area is 148 Å². The van der Waals surface area contributed by atoms with Crippen molar-refractivity contribution in [2.75, 3.05) is 5.32 Å². The number of halogens is 3. The third kappa shape index (κ3) is 3.06. The molecule has 114 valence electrons. The first-order valence-corrected chi connectivity index (χ1v) is 8.57. The standard InChI is InChI=1S/C13H10Cl2IN5O/c14-7-2-1-6(3-8(7)15)5-17-13-18-10-9(4-16)20-21-11(10)12(22)19-13/h1-3H,4-5H2,(H,20,21)(H2,17,18,19,22). The lowest BCUT2D eigenvalue weighted by Crippen LogP contribution is -2.13. The van der Waals surface area contributed by atoms with Gasteiger partial charge in [0.2, 0.25) is 5.95 Å². The molecule has 0 radical (unpaired) electrons. The highest BCUT2D eigenvalue weighted by atomic mass is 127. The van der Waals surface area contributed by atoms with Crippen LogP contribution in [0.1, 0.15) is 11.3 Å². The van der Waals surface area contributed by atoms with Crippen molar-refractivity contribution in [2.45, 2.75) is 11.0 Å². The normalized spacial score (nSPS) is 11.0. The number of benzene rings is 1. The zero-order valence-electron chi connectivity index (χ0n) is 11.1. The third-order valence-corrected chi connectivity index (χ3v) is 4.56. The summed E-state index contributed by atoms with van der Waals surface area (Å²) < 4.78 is 0.691. The summed E-state index contributed by atoms with van der Waals surface area (Å²) in [5, 5.41) is 10.9. The monoisotopic (exact) mass is 449 g/mol. The molecule has 0 aliphatic rings. The van der Waals surface area contributed by atoms with Crippen LogP contribution in [0.2, 0.25) is 10.0 Å². The molecule has 0 atom stereocenters. The molecule has 0 bridgehead atoms. The molecule has 6 nitrogen and oxygen atoms in total. The Bertz CT molecular complexity index is 892. The number of fused-ring (bicyclic) bond motifs is 1. The first-order valence-electron chi connectivity index (χ1n) is 6.29. The van der Waals surface area contributed by atoms with Gasteiger partial charge in [-0.3, -0.25) is 14.9 Å². The van der Waals surface area contributed by atoms with Crippen molar-refractivity contribution >= 4 is 62.8 Å². The molecule has 0 aliphatic heterocycles. The highest BCUT2D eigenvalue weighted by molar-refractivity contribution is 14.1. The van der Waals surface area contributed by atoms with Gasteiger partial charge in [0.05, 0.1) is 15.7 Å². The van der Waals surface area contributed by atoms with E-state index in [1.165, 1.54) is 0 Å². The molecule has 2 heterocycles. The van der Waals surface area contributed by atoms with E-state index in [0.29, 0.717) is 38.0 Å². The Morgan fingerprint density at radius 1 is 1.23 bits per heavy atom. The molecular weight excluding hydrogens is 440 g/mol. The molecule has 3 aromatic rings. The summed E-state index contributed by atoms with van der Waals surface area (Å²) in [6.07, 6.45) is 0. The van der Waals surface area contributed by atoms with E-state index in [1.54, 1.807) is 12.1 Å². The van der Waals surface area contributed by atoms with E-state index in [9.17, 15) is 4.79 Å². The third-order valence-electron chi connectivity index (χ3n) is 3.06. The first kappa shape index (κ1) is 15.6. The second kappa shape index (κ2) is 6.43. The molecule has 22 heavy (non-hydrogen) atoms. The molecule has 0 unspecified atom stereocenters. The summed E-state index contributed by atoms with van der Waals surface area (Å²) in [6, 6.07) is 5.35. The van der Waals surface area contributed by atoms with Crippen LogP contribution < -0.4 is 10.9 Å². The Hall–Kier alpha value is -1.32. The maximum Gasteiger partial charge on any atom is 0.280 e. The molecule has 0 saturated carbocycles. The first-order chi connectivity index (χ1) is 10.6. The predicted octanol–water partition coefficient (Wildman–Crippen LogP) is 3.50. The molecule has 9 heteroatoms. The van der Waals surface area contributed by atoms with Gasteiger partial charge in [-0.05, 0) is 17.7 Å². The molecule has 0 aliphatic carbocycles. The molecule has 3 N–H and O–H groups in total. The Morgan fingerprint density at radius 3 is 2.77 bits per heavy atom. The Balaban J connectivity index is 1.87. The number of hydrogen-bond donors (Lipinski definition) is 3. The number of aromatic nitrogens is 4. The van der Waals surface area contributed by atoms with Gasteiger partial charge >= 0.3 is 0 Å². The van der Waals surface area contributed by atoms with Crippen molar-refractivity contribution < 1.29 is 0 Å². The summed E-state index contributed by atoms with van der Waals surface area (Å²) in [5.74, 6) is 0.385. The van der Waals surface area contributed by atoms with E-state index in [-0.39, 0.29) is 5.56 Å². The van der Waals surface area contributed by atoms with Crippen LogP contribution in [0.3, 0.4) is 0 Å². The summed E-state index contributed by atoms with van der Waals surface area (Å²) in [5.41, 5.74) is 2.35. The molecule has 3 rings (SSSR count). The Morgan fingerprint density at radius 2 is 2.05 bits per heavy atom. The van der Waals surface area contributed by atoms with E-state index in [4.69, 9.17) is 23.2 Å². The average Bonchev–Trinajstić information content (AvgIpc) is 2.92. The second-order valence-electron chi connectivity index (χ2n) is 4.55. The lowest BCUT2D eigenvalue weighted by molar-refractivity contribution is 1.05. The molecule has 0 fully saturated rings. The molecule has 2 aromatic heterocycles. The highest BCUT2D eigenvalue weighted by Gasteiger charge is 2.11. The fraction of sp³-hybridized carbons (Fsp3) is 0.154. The highest BCUT2D eigenvalue weighted by Crippen LogP contribution is 2.23. The van der Waals surface area contributed by atoms with Gasteiger partial charge in [0, 0.05) is 11.0 Å². The predicted molar refractivity (Wildman–Crippen MR) is 96.0 cm³/mol. The van der Waals surface area contributed by atoms with Crippen molar-refractivity contribution in [1.82, 2.24) is 20.2 Å². The molecule has 0 spiro atoms. The van der Waals surface area contributed by atoms with E-state index in [0.717, 1.165) is 11.3 Å². The largest absolute Gasteiger partial charge is 0.352 e. The number of rotatable bonds is 4. The van der Waals surface area contributed by atoms with Gasteiger partial charge in [-0.1, -0.05) is 51.9 Å². The van der Waals surface area contributed by atoms with Gasteiger partial charge in [-0.25, -0.2) is 4.98 Å². The van der Waals surface area contributed by atoms with Crippen LogP contribution in [0.5, 0.6) is 0 Å². The molecule has 0 saturated heterocycles. The maximum atomic E-state index is 12.0. The van der Waals surface area contributed by atoms with Gasteiger partial charge in [-0.2, -0.15) is 5.10 Å². The van der Waals surface area contributed by atoms with Crippen LogP contribution in [-0.4, -0.2) is 20.2 Å². The number of nitrogens with one attached hydrogen (secondary N) is 3. The maximum absolute atomic E-state index is 12.0. The summed E-state index contributed by atoms with van der Waals surface area (Å²) in [6.45, 7) is 0.461. The smallest absolute Gasteiger partial charge is 0.280 e. The van der Waals surface area contributed by atoms with Gasteiger partial charge < -0.3 is 5.32 Å². The molecule has 0 amide bonds. The van der Waals surface area contributed by atoms with E-state index < -0.39 is 0 Å². The molecular formula is C13H10Cl2IN5O. The van der Waals surface area contributed by atoms with Crippen molar-refractivity contribution in [1.29, 1.82) is 0 Å². The number of alkyl halides is 1. The van der Waals surface area contributed by atoms with Crippen molar-refractivity contribution in [3.05, 3.63) is 49.9 Å². The van der Waals surface area contributed by atoms with Gasteiger partial charge in [-0.15, -0.1) is 0 Å². The number of anilines is 1. The van der Waals surface area contributed by atoms with Gasteiger partial charge in [0.1, 0.15) is 5.52 Å². The van der Waals surface area contributed by atoms with E-state index in [1.807, 2.05) is 6.07 Å². The minimum absolute atomic E-state index is 0.283. The zero-order chi connectivity index (χ0) is 15.7. The lowest BCUT2D eigenvalue weighted by atomic mass is 10.2. The Kier molecular flexibility index (Phi) is 4.55. The molecule has 1 aromatic carbocycles. The quantitative estimate of drug-likeness (QED) is 0.420. The fourth-order valence-corrected chi connectivity index (χ4v) is 2.82. The lowest BCUT2D eigenvalue weighted by Gasteiger charge is -2.06. The topological polar surface area (TPSA) is 86.5 Å². The van der Waals surface area contributed by atoms with Crippen LogP contribution in [0, 0.1) is 0 Å². The number of hydrogen-bond acceptors (Lipinski definition) is 4. The van der Waals surface area contributed by atoms with Crippen molar-refractivity contribution in [3.63, 3.8) is 0 Å². The van der Waals surface area contributed by atoms with Crippen LogP contribution in [0.25, 0.3) is 11.0 Å². The number of aromatic amines is 2. The van der Waals surface area contributed by atoms with Crippen LogP contribution in [-0.2, 0) is 11.0 Å². The van der Waals surface area contributed by atoms with Crippen molar-refractivity contribution in [3.8, 4) is 0 Å². The van der Waals surface area contributed by atoms with Crippen molar-refractivity contribution in [2.24, 2.45) is 0 Å². The summed E-state index contributed by atoms with van der Waals surface area (Å²) in [7, 11) is 0. The SMILES string of the molecule is O=c1[nH]c(NCc2ccc(Cl)c(Cl)c2)nc2c(CI)[nH]nc12. The van der Waals surface area contributed by atoms with Crippen LogP contribution in [0.4, 0.5) is 5.95 Å². The second-order valence-corrected chi connectivity index (χ2v) is 6.13. The van der Waals surface area contributed by atoms with E-state index >= 15 is 0 Å². The van der Waals surface area contributed by atoms with Gasteiger partial charge in [0.15, 0.2) is 5.52 Å². The zero-order valence-corrected chi connectivity index (χ0v) is 14.8. The number of nitrogens with zero attached hydrogens (tertiary/aromatic N) is 2. The fourth-order valence-electron chi connectivity index (χ4n) is 1.97.